The molecule has 2 atom stereocenters. The smallest absolute Gasteiger partial charge is 0.267 e. The Morgan fingerprint density at radius 1 is 1.08 bits per heavy atom. The quantitative estimate of drug-likeness (QED) is 0.179. The van der Waals surface area contributed by atoms with Crippen LogP contribution in [0.1, 0.15) is 51.3 Å². The van der Waals surface area contributed by atoms with Gasteiger partial charge in [-0.2, -0.15) is 0 Å². The average molecular weight is 518 g/mol. The SMILES string of the molecule is COc1cccc(CNC(=O)c2cc3cc(C[C@@H](C)NC[C@H](O)c4ccc(O)c(CO)c4)ccc3[nH]2)c1C. The van der Waals surface area contributed by atoms with Gasteiger partial charge in [0.05, 0.1) is 19.8 Å². The summed E-state index contributed by atoms with van der Waals surface area (Å²) in [5.74, 6) is 0.634. The van der Waals surface area contributed by atoms with Gasteiger partial charge in [-0.3, -0.25) is 4.79 Å². The van der Waals surface area contributed by atoms with Crippen LogP contribution in [0.5, 0.6) is 11.5 Å². The van der Waals surface area contributed by atoms with E-state index in [1.807, 2.05) is 50.2 Å². The summed E-state index contributed by atoms with van der Waals surface area (Å²) in [7, 11) is 1.63. The fourth-order valence-electron chi connectivity index (χ4n) is 4.57. The first-order valence-corrected chi connectivity index (χ1v) is 12.7. The second-order valence-electron chi connectivity index (χ2n) is 9.61. The van der Waals surface area contributed by atoms with Gasteiger partial charge in [-0.25, -0.2) is 0 Å². The van der Waals surface area contributed by atoms with E-state index >= 15 is 0 Å². The van der Waals surface area contributed by atoms with Crippen LogP contribution >= 0.6 is 0 Å². The monoisotopic (exact) mass is 517 g/mol. The van der Waals surface area contributed by atoms with Gasteiger partial charge in [0, 0.05) is 35.6 Å². The number of aliphatic hydroxyl groups is 2. The Morgan fingerprint density at radius 2 is 1.89 bits per heavy atom. The van der Waals surface area contributed by atoms with Crippen LogP contribution in [0.4, 0.5) is 0 Å². The fraction of sp³-hybridized carbons (Fsp3) is 0.300. The lowest BCUT2D eigenvalue weighted by atomic mass is 10.0. The summed E-state index contributed by atoms with van der Waals surface area (Å²) in [6.45, 7) is 4.47. The molecule has 4 rings (SSSR count). The molecule has 3 aromatic carbocycles. The second kappa shape index (κ2) is 12.1. The number of H-pyrrole nitrogens is 1. The lowest BCUT2D eigenvalue weighted by Gasteiger charge is -2.18. The predicted octanol–water partition coefficient (Wildman–Crippen LogP) is 3.87. The van der Waals surface area contributed by atoms with Gasteiger partial charge in [0.1, 0.15) is 17.2 Å². The van der Waals surface area contributed by atoms with Crippen LogP contribution in [-0.4, -0.2) is 45.9 Å². The molecule has 0 aliphatic heterocycles. The summed E-state index contributed by atoms with van der Waals surface area (Å²) in [5, 5.41) is 36.9. The molecule has 200 valence electrons. The number of aromatic hydroxyl groups is 1. The zero-order valence-electron chi connectivity index (χ0n) is 21.9. The largest absolute Gasteiger partial charge is 0.508 e. The minimum Gasteiger partial charge on any atom is -0.508 e. The number of amides is 1. The molecule has 1 heterocycles. The van der Waals surface area contributed by atoms with Gasteiger partial charge in [0.25, 0.3) is 5.91 Å². The predicted molar refractivity (Wildman–Crippen MR) is 147 cm³/mol. The van der Waals surface area contributed by atoms with Crippen molar-refractivity contribution in [1.29, 1.82) is 0 Å². The highest BCUT2D eigenvalue weighted by atomic mass is 16.5. The molecule has 0 unspecified atom stereocenters. The number of nitrogens with one attached hydrogen (secondary N) is 3. The van der Waals surface area contributed by atoms with Crippen molar-refractivity contribution in [1.82, 2.24) is 15.6 Å². The summed E-state index contributed by atoms with van der Waals surface area (Å²) in [6, 6.07) is 18.5. The number of rotatable bonds is 11. The molecule has 0 spiro atoms. The number of methoxy groups -OCH3 is 1. The molecule has 6 N–H and O–H groups in total. The summed E-state index contributed by atoms with van der Waals surface area (Å²) in [5.41, 5.74) is 5.53. The zero-order valence-corrected chi connectivity index (χ0v) is 21.9. The molecule has 0 radical (unpaired) electrons. The normalized spacial score (nSPS) is 12.9. The minimum atomic E-state index is -0.766. The Balaban J connectivity index is 1.34. The third kappa shape index (κ3) is 6.34. The van der Waals surface area contributed by atoms with Crippen LogP contribution in [0.3, 0.4) is 0 Å². The first-order valence-electron chi connectivity index (χ1n) is 12.7. The number of phenols is 1. The number of benzene rings is 3. The van der Waals surface area contributed by atoms with Crippen molar-refractivity contribution in [2.45, 2.75) is 45.6 Å². The fourth-order valence-corrected chi connectivity index (χ4v) is 4.57. The first kappa shape index (κ1) is 27.2. The summed E-state index contributed by atoms with van der Waals surface area (Å²) >= 11 is 0. The number of fused-ring (bicyclic) bond motifs is 1. The number of aliphatic hydroxyl groups excluding tert-OH is 2. The summed E-state index contributed by atoms with van der Waals surface area (Å²) in [4.78, 5) is 16.0. The van der Waals surface area contributed by atoms with E-state index in [1.54, 1.807) is 19.2 Å². The first-order chi connectivity index (χ1) is 18.3. The van der Waals surface area contributed by atoms with Crippen LogP contribution < -0.4 is 15.4 Å². The number of carbonyl (C=O) groups excluding carboxylic acids is 1. The van der Waals surface area contributed by atoms with E-state index in [-0.39, 0.29) is 24.3 Å². The Bertz CT molecular complexity index is 1410. The lowest BCUT2D eigenvalue weighted by molar-refractivity contribution is 0.0946. The molecular formula is C30H35N3O5. The Hall–Kier alpha value is -3.85. The maximum absolute atomic E-state index is 12.8. The van der Waals surface area contributed by atoms with E-state index in [1.165, 1.54) is 6.07 Å². The van der Waals surface area contributed by atoms with Crippen LogP contribution in [0.25, 0.3) is 10.9 Å². The molecule has 0 fully saturated rings. The van der Waals surface area contributed by atoms with Crippen LogP contribution in [0, 0.1) is 6.92 Å². The highest BCUT2D eigenvalue weighted by Gasteiger charge is 2.14. The van der Waals surface area contributed by atoms with Crippen molar-refractivity contribution in [2.75, 3.05) is 13.7 Å². The number of ether oxygens (including phenoxy) is 1. The van der Waals surface area contributed by atoms with Crippen molar-refractivity contribution < 1.29 is 24.9 Å². The molecule has 1 amide bonds. The molecule has 0 saturated heterocycles. The minimum absolute atomic E-state index is 0.0116. The Morgan fingerprint density at radius 3 is 2.66 bits per heavy atom. The van der Waals surface area contributed by atoms with E-state index in [4.69, 9.17) is 4.74 Å². The van der Waals surface area contributed by atoms with Crippen molar-refractivity contribution >= 4 is 16.8 Å². The molecule has 38 heavy (non-hydrogen) atoms. The Kier molecular flexibility index (Phi) is 8.68. The lowest BCUT2D eigenvalue weighted by Crippen LogP contribution is -2.32. The summed E-state index contributed by atoms with van der Waals surface area (Å²) in [6.07, 6.45) is -0.0283. The van der Waals surface area contributed by atoms with E-state index < -0.39 is 6.10 Å². The van der Waals surface area contributed by atoms with Gasteiger partial charge in [-0.05, 0) is 78.9 Å². The van der Waals surface area contributed by atoms with Gasteiger partial charge >= 0.3 is 0 Å². The maximum atomic E-state index is 12.8. The molecule has 1 aromatic heterocycles. The van der Waals surface area contributed by atoms with Crippen LogP contribution in [-0.2, 0) is 19.6 Å². The molecule has 0 aliphatic carbocycles. The number of aromatic nitrogens is 1. The van der Waals surface area contributed by atoms with Gasteiger partial charge in [0.2, 0.25) is 0 Å². The third-order valence-electron chi connectivity index (χ3n) is 6.85. The molecular weight excluding hydrogens is 482 g/mol. The maximum Gasteiger partial charge on any atom is 0.267 e. The highest BCUT2D eigenvalue weighted by Crippen LogP contribution is 2.23. The molecule has 0 aliphatic rings. The van der Waals surface area contributed by atoms with Crippen molar-refractivity contribution in [3.05, 3.63) is 94.2 Å². The number of aromatic amines is 1. The number of hydrogen-bond donors (Lipinski definition) is 6. The highest BCUT2D eigenvalue weighted by molar-refractivity contribution is 5.98. The molecule has 0 saturated carbocycles. The van der Waals surface area contributed by atoms with Gasteiger partial charge in [0.15, 0.2) is 0 Å². The van der Waals surface area contributed by atoms with Gasteiger partial charge in [-0.15, -0.1) is 0 Å². The molecule has 8 nitrogen and oxygen atoms in total. The molecule has 8 heteroatoms. The van der Waals surface area contributed by atoms with Crippen LogP contribution in [0.15, 0.2) is 60.7 Å². The Labute approximate surface area is 222 Å². The van der Waals surface area contributed by atoms with Gasteiger partial charge < -0.3 is 35.7 Å². The zero-order chi connectivity index (χ0) is 27.2. The van der Waals surface area contributed by atoms with E-state index in [9.17, 15) is 20.1 Å². The summed E-state index contributed by atoms with van der Waals surface area (Å²) < 4.78 is 5.36. The number of carbonyl (C=O) groups is 1. The number of hydrogen-bond acceptors (Lipinski definition) is 6. The van der Waals surface area contributed by atoms with Crippen molar-refractivity contribution in [3.63, 3.8) is 0 Å². The third-order valence-corrected chi connectivity index (χ3v) is 6.85. The van der Waals surface area contributed by atoms with Crippen molar-refractivity contribution in [2.24, 2.45) is 0 Å². The van der Waals surface area contributed by atoms with E-state index in [0.717, 1.165) is 39.8 Å². The van der Waals surface area contributed by atoms with Gasteiger partial charge in [-0.1, -0.05) is 24.3 Å². The topological polar surface area (TPSA) is 127 Å². The molecule has 0 bridgehead atoms. The average Bonchev–Trinajstić information content (AvgIpc) is 3.35. The van der Waals surface area contributed by atoms with E-state index in [2.05, 4.69) is 21.7 Å². The standard InChI is InChI=1S/C30H35N3O5/c1-18(31-16-28(36)21-8-10-27(35)24(13-21)17-34)11-20-7-9-25-23(12-20)14-26(33-25)30(37)32-15-22-5-4-6-29(38-3)19(22)2/h4-10,12-14,18,28,31,33-36H,11,15-17H2,1-3H3,(H,32,37)/t18-,28+/m1/s1. The van der Waals surface area contributed by atoms with Crippen molar-refractivity contribution in [3.8, 4) is 11.5 Å². The molecule has 4 aromatic rings. The van der Waals surface area contributed by atoms with E-state index in [0.29, 0.717) is 29.9 Å². The van der Waals surface area contributed by atoms with Crippen LogP contribution in [0.2, 0.25) is 0 Å². The second-order valence-corrected chi connectivity index (χ2v) is 9.61.